The third-order valence-electron chi connectivity index (χ3n) is 8.10. The number of aromatic nitrogens is 4. The number of halogens is 3. The van der Waals surface area contributed by atoms with E-state index in [2.05, 4.69) is 53.8 Å². The zero-order valence-electron chi connectivity index (χ0n) is 23.2. The zero-order chi connectivity index (χ0) is 29.0. The molecule has 0 bridgehead atoms. The molecule has 5 rings (SSSR count). The van der Waals surface area contributed by atoms with E-state index in [1.165, 1.54) is 11.0 Å². The van der Waals surface area contributed by atoms with Crippen LogP contribution in [-0.2, 0) is 20.1 Å². The number of alkyl halides is 3. The van der Waals surface area contributed by atoms with Crippen LogP contribution in [0.1, 0.15) is 39.3 Å². The first-order chi connectivity index (χ1) is 18.7. The molecule has 0 spiro atoms. The highest BCUT2D eigenvalue weighted by atomic mass is 28.4. The monoisotopic (exact) mass is 581 g/mol. The average Bonchev–Trinajstić information content (AvgIpc) is 3.40. The number of amides is 1. The molecule has 4 heterocycles. The maximum atomic E-state index is 14.0. The maximum absolute atomic E-state index is 14.0. The quantitative estimate of drug-likeness (QED) is 0.512. The molecular formula is C25H34F3N7O4Si. The van der Waals surface area contributed by atoms with Crippen LogP contribution in [-0.4, -0.2) is 78.9 Å². The first-order valence-electron chi connectivity index (χ1n) is 13.3. The van der Waals surface area contributed by atoms with Gasteiger partial charge in [0.1, 0.15) is 11.9 Å². The van der Waals surface area contributed by atoms with Crippen LogP contribution in [0, 0.1) is 0 Å². The topological polar surface area (TPSA) is 129 Å². The molecule has 3 fully saturated rings. The molecule has 1 saturated carbocycles. The van der Waals surface area contributed by atoms with E-state index >= 15 is 0 Å². The average molecular weight is 582 g/mol. The van der Waals surface area contributed by atoms with E-state index in [-0.39, 0.29) is 40.2 Å². The molecular weight excluding hydrogens is 547 g/mol. The predicted molar refractivity (Wildman–Crippen MR) is 143 cm³/mol. The van der Waals surface area contributed by atoms with Crippen molar-refractivity contribution >= 4 is 32.1 Å². The number of carbonyl (C=O) groups is 1. The van der Waals surface area contributed by atoms with Gasteiger partial charge in [0.2, 0.25) is 11.9 Å². The molecule has 11 nitrogen and oxygen atoms in total. The molecule has 218 valence electrons. The normalized spacial score (nSPS) is 23.9. The summed E-state index contributed by atoms with van der Waals surface area (Å²) in [5.41, 5.74) is 3.82. The van der Waals surface area contributed by atoms with Crippen LogP contribution >= 0.6 is 0 Å². The minimum absolute atomic E-state index is 0.0284. The van der Waals surface area contributed by atoms with Crippen molar-refractivity contribution in [3.05, 3.63) is 18.0 Å². The van der Waals surface area contributed by atoms with Gasteiger partial charge in [0.25, 0.3) is 0 Å². The van der Waals surface area contributed by atoms with Crippen LogP contribution in [0.5, 0.6) is 0 Å². The summed E-state index contributed by atoms with van der Waals surface area (Å²) in [6, 6.07) is 0.965. The second kappa shape index (κ2) is 10.1. The van der Waals surface area contributed by atoms with Gasteiger partial charge in [-0.05, 0) is 31.0 Å². The van der Waals surface area contributed by atoms with Crippen molar-refractivity contribution in [2.75, 3.05) is 41.8 Å². The number of hydrogen-bond acceptors (Lipinski definition) is 10. The molecule has 1 amide bonds. The molecule has 0 unspecified atom stereocenters. The molecule has 2 aromatic heterocycles. The van der Waals surface area contributed by atoms with Gasteiger partial charge in [-0.2, -0.15) is 18.2 Å². The SMILES string of the molecule is CC(C)(C)[Si](C)(C)O[C@@H]1CC[C@@H]2[C@H]1OC(=O)N2c1cc(-c2cnc(N)nc2C(F)(F)F)nc(N2CCOCC2)n1. The number of morpholine rings is 1. The molecule has 40 heavy (non-hydrogen) atoms. The number of nitrogens with zero attached hydrogens (tertiary/aromatic N) is 6. The summed E-state index contributed by atoms with van der Waals surface area (Å²) in [5, 5.41) is -0.0284. The van der Waals surface area contributed by atoms with Crippen LogP contribution in [0.2, 0.25) is 18.1 Å². The number of fused-ring (bicyclic) bond motifs is 1. The lowest BCUT2D eigenvalue weighted by molar-refractivity contribution is -0.140. The van der Waals surface area contributed by atoms with Crippen LogP contribution in [0.25, 0.3) is 11.3 Å². The van der Waals surface area contributed by atoms with E-state index in [4.69, 9.17) is 19.6 Å². The summed E-state index contributed by atoms with van der Waals surface area (Å²) < 4.78 is 59.7. The van der Waals surface area contributed by atoms with Crippen molar-refractivity contribution in [3.63, 3.8) is 0 Å². The number of hydrogen-bond donors (Lipinski definition) is 1. The number of nitrogen functional groups attached to an aromatic ring is 1. The van der Waals surface area contributed by atoms with Crippen LogP contribution in [0.3, 0.4) is 0 Å². The highest BCUT2D eigenvalue weighted by Gasteiger charge is 2.54. The van der Waals surface area contributed by atoms with Gasteiger partial charge in [-0.3, -0.25) is 4.90 Å². The van der Waals surface area contributed by atoms with Gasteiger partial charge >= 0.3 is 12.3 Å². The van der Waals surface area contributed by atoms with Crippen molar-refractivity contribution in [3.8, 4) is 11.3 Å². The third-order valence-corrected chi connectivity index (χ3v) is 12.6. The van der Waals surface area contributed by atoms with Crippen molar-refractivity contribution < 1.29 is 31.9 Å². The molecule has 2 aromatic rings. The Morgan fingerprint density at radius 1 is 1.10 bits per heavy atom. The van der Waals surface area contributed by atoms with Crippen molar-refractivity contribution in [1.29, 1.82) is 0 Å². The fraction of sp³-hybridized carbons (Fsp3) is 0.640. The Labute approximate surface area is 231 Å². The first kappa shape index (κ1) is 28.5. The highest BCUT2D eigenvalue weighted by molar-refractivity contribution is 6.74. The Kier molecular flexibility index (Phi) is 7.19. The number of carbonyl (C=O) groups excluding carboxylic acids is 1. The third kappa shape index (κ3) is 5.33. The minimum Gasteiger partial charge on any atom is -0.441 e. The summed E-state index contributed by atoms with van der Waals surface area (Å²) in [7, 11) is -2.15. The standard InChI is InChI=1S/C25H34F3N7O4Si/c1-24(2,3)40(4,5)39-17-7-6-16-19(17)38-23(36)35(16)18-12-15(31-22(32-18)34-8-10-37-11-9-34)14-13-30-21(29)33-20(14)25(26,27)28/h12-13,16-17,19H,6-11H2,1-5H3,(H2,29,30,33)/t16-,17-,19-/m1/s1. The van der Waals surface area contributed by atoms with Crippen molar-refractivity contribution in [2.45, 2.75) is 76.2 Å². The Hall–Kier alpha value is -3.04. The van der Waals surface area contributed by atoms with Gasteiger partial charge in [-0.25, -0.2) is 19.7 Å². The van der Waals surface area contributed by atoms with Gasteiger partial charge in [0.15, 0.2) is 14.0 Å². The summed E-state index contributed by atoms with van der Waals surface area (Å²) in [4.78, 5) is 32.8. The fourth-order valence-electron chi connectivity index (χ4n) is 4.98. The van der Waals surface area contributed by atoms with Gasteiger partial charge in [0, 0.05) is 30.9 Å². The number of anilines is 3. The summed E-state index contributed by atoms with van der Waals surface area (Å²) >= 11 is 0. The lowest BCUT2D eigenvalue weighted by Gasteiger charge is -2.39. The second-order valence-electron chi connectivity index (χ2n) is 11.8. The maximum Gasteiger partial charge on any atom is 0.434 e. The van der Waals surface area contributed by atoms with E-state index in [1.807, 2.05) is 0 Å². The molecule has 0 aromatic carbocycles. The molecule has 0 radical (unpaired) electrons. The Balaban J connectivity index is 1.55. The Bertz CT molecular complexity index is 1280. The fourth-order valence-corrected chi connectivity index (χ4v) is 6.34. The summed E-state index contributed by atoms with van der Waals surface area (Å²) in [5.74, 6) is -0.200. The van der Waals surface area contributed by atoms with Crippen LogP contribution in [0.4, 0.5) is 35.7 Å². The lowest BCUT2D eigenvalue weighted by Crippen LogP contribution is -2.47. The molecule has 2 saturated heterocycles. The van der Waals surface area contributed by atoms with Gasteiger partial charge < -0.3 is 24.5 Å². The lowest BCUT2D eigenvalue weighted by atomic mass is 10.1. The Morgan fingerprint density at radius 3 is 2.45 bits per heavy atom. The molecule has 2 aliphatic heterocycles. The van der Waals surface area contributed by atoms with E-state index < -0.39 is 38.3 Å². The van der Waals surface area contributed by atoms with E-state index in [9.17, 15) is 18.0 Å². The number of ether oxygens (including phenoxy) is 2. The molecule has 2 N–H and O–H groups in total. The molecule has 1 aliphatic carbocycles. The largest absolute Gasteiger partial charge is 0.441 e. The smallest absolute Gasteiger partial charge is 0.434 e. The number of nitrogens with two attached hydrogens (primary N) is 1. The van der Waals surface area contributed by atoms with Gasteiger partial charge in [-0.15, -0.1) is 0 Å². The molecule has 15 heteroatoms. The highest BCUT2D eigenvalue weighted by Crippen LogP contribution is 2.44. The first-order valence-corrected chi connectivity index (χ1v) is 16.2. The van der Waals surface area contributed by atoms with Gasteiger partial charge in [0.05, 0.1) is 31.1 Å². The second-order valence-corrected chi connectivity index (χ2v) is 16.5. The van der Waals surface area contributed by atoms with Crippen LogP contribution in [0.15, 0.2) is 12.3 Å². The van der Waals surface area contributed by atoms with E-state index in [0.29, 0.717) is 39.1 Å². The van der Waals surface area contributed by atoms with E-state index in [1.54, 1.807) is 4.90 Å². The van der Waals surface area contributed by atoms with Crippen LogP contribution < -0.4 is 15.5 Å². The minimum atomic E-state index is -4.81. The van der Waals surface area contributed by atoms with Gasteiger partial charge in [-0.1, -0.05) is 20.8 Å². The zero-order valence-corrected chi connectivity index (χ0v) is 24.2. The summed E-state index contributed by atoms with van der Waals surface area (Å²) in [6.07, 6.45) is -3.96. The van der Waals surface area contributed by atoms with Crippen molar-refractivity contribution in [2.24, 2.45) is 0 Å². The molecule has 3 atom stereocenters. The number of rotatable bonds is 5. The van der Waals surface area contributed by atoms with Crippen molar-refractivity contribution in [1.82, 2.24) is 19.9 Å². The van der Waals surface area contributed by atoms with E-state index in [0.717, 1.165) is 6.20 Å². The summed E-state index contributed by atoms with van der Waals surface area (Å²) in [6.45, 7) is 12.4. The predicted octanol–water partition coefficient (Wildman–Crippen LogP) is 4.25. The molecule has 3 aliphatic rings. The Morgan fingerprint density at radius 2 is 1.80 bits per heavy atom.